The first kappa shape index (κ1) is 14.8. The van der Waals surface area contributed by atoms with Crippen molar-refractivity contribution >= 4 is 33.4 Å². The fraction of sp³-hybridized carbons (Fsp3) is 0.500. The first-order chi connectivity index (χ1) is 9.06. The van der Waals surface area contributed by atoms with Crippen LogP contribution in [0.15, 0.2) is 22.7 Å². The highest BCUT2D eigenvalue weighted by Crippen LogP contribution is 2.23. The molecule has 1 N–H and O–H groups in total. The number of likely N-dealkylation sites (tertiary alicyclic amines) is 1. The van der Waals surface area contributed by atoms with Gasteiger partial charge in [-0.3, -0.25) is 4.79 Å². The molecule has 1 fully saturated rings. The SMILES string of the molecule is O=C(CCc1cc(Cl)ccc1Br)N1CCCC(O)C1. The van der Waals surface area contributed by atoms with Crippen LogP contribution in [0.2, 0.25) is 5.02 Å². The minimum atomic E-state index is -0.365. The van der Waals surface area contributed by atoms with Crippen LogP contribution in [0.4, 0.5) is 0 Å². The molecule has 0 aromatic heterocycles. The third kappa shape index (κ3) is 4.20. The third-order valence-electron chi connectivity index (χ3n) is 3.37. The molecule has 1 aliphatic heterocycles. The van der Waals surface area contributed by atoms with Gasteiger partial charge in [0.2, 0.25) is 5.91 Å². The summed E-state index contributed by atoms with van der Waals surface area (Å²) in [5.74, 6) is 0.102. The molecule has 0 spiro atoms. The number of piperidine rings is 1. The van der Waals surface area contributed by atoms with Crippen molar-refractivity contribution in [3.63, 3.8) is 0 Å². The number of carbonyl (C=O) groups is 1. The van der Waals surface area contributed by atoms with E-state index in [-0.39, 0.29) is 12.0 Å². The van der Waals surface area contributed by atoms with E-state index < -0.39 is 0 Å². The fourth-order valence-electron chi connectivity index (χ4n) is 2.32. The summed E-state index contributed by atoms with van der Waals surface area (Å²) >= 11 is 9.41. The first-order valence-corrected chi connectivity index (χ1v) is 7.63. The molecule has 3 nitrogen and oxygen atoms in total. The Bertz CT molecular complexity index is 467. The van der Waals surface area contributed by atoms with E-state index in [9.17, 15) is 9.90 Å². The van der Waals surface area contributed by atoms with Crippen LogP contribution in [0.25, 0.3) is 0 Å². The summed E-state index contributed by atoms with van der Waals surface area (Å²) in [5.41, 5.74) is 1.04. The van der Waals surface area contributed by atoms with E-state index in [0.29, 0.717) is 24.4 Å². The molecule has 0 radical (unpaired) electrons. The molecule has 1 atom stereocenters. The predicted molar refractivity (Wildman–Crippen MR) is 79.3 cm³/mol. The van der Waals surface area contributed by atoms with Gasteiger partial charge in [-0.1, -0.05) is 27.5 Å². The monoisotopic (exact) mass is 345 g/mol. The summed E-state index contributed by atoms with van der Waals surface area (Å²) in [7, 11) is 0. The molecule has 1 aromatic carbocycles. The molecule has 2 rings (SSSR count). The normalized spacial score (nSPS) is 19.5. The number of β-amino-alcohol motifs (C(OH)–C–C–N with tert-alkyl or cyclic N) is 1. The van der Waals surface area contributed by atoms with Gasteiger partial charge < -0.3 is 10.0 Å². The van der Waals surface area contributed by atoms with Gasteiger partial charge >= 0.3 is 0 Å². The quantitative estimate of drug-likeness (QED) is 0.914. The van der Waals surface area contributed by atoms with Crippen molar-refractivity contribution in [1.82, 2.24) is 4.90 Å². The Morgan fingerprint density at radius 3 is 3.05 bits per heavy atom. The second-order valence-electron chi connectivity index (χ2n) is 4.87. The molecule has 104 valence electrons. The van der Waals surface area contributed by atoms with Crippen LogP contribution in [-0.2, 0) is 11.2 Å². The van der Waals surface area contributed by atoms with Gasteiger partial charge in [0.1, 0.15) is 0 Å². The highest BCUT2D eigenvalue weighted by Gasteiger charge is 2.21. The van der Waals surface area contributed by atoms with E-state index in [1.165, 1.54) is 0 Å². The average Bonchev–Trinajstić information content (AvgIpc) is 2.39. The highest BCUT2D eigenvalue weighted by molar-refractivity contribution is 9.10. The van der Waals surface area contributed by atoms with Crippen LogP contribution in [0.1, 0.15) is 24.8 Å². The molecule has 0 bridgehead atoms. The van der Waals surface area contributed by atoms with E-state index in [2.05, 4.69) is 15.9 Å². The van der Waals surface area contributed by atoms with Crippen molar-refractivity contribution in [3.8, 4) is 0 Å². The number of benzene rings is 1. The second-order valence-corrected chi connectivity index (χ2v) is 6.16. The van der Waals surface area contributed by atoms with Crippen LogP contribution in [-0.4, -0.2) is 35.1 Å². The minimum Gasteiger partial charge on any atom is -0.391 e. The van der Waals surface area contributed by atoms with Crippen molar-refractivity contribution in [3.05, 3.63) is 33.3 Å². The molecule has 1 saturated heterocycles. The van der Waals surface area contributed by atoms with Gasteiger partial charge in [-0.25, -0.2) is 0 Å². The third-order valence-corrected chi connectivity index (χ3v) is 4.37. The largest absolute Gasteiger partial charge is 0.391 e. The lowest BCUT2D eigenvalue weighted by Crippen LogP contribution is -2.42. The van der Waals surface area contributed by atoms with Crippen molar-refractivity contribution in [2.45, 2.75) is 31.8 Å². The molecule has 1 amide bonds. The summed E-state index contributed by atoms with van der Waals surface area (Å²) in [5, 5.41) is 10.3. The van der Waals surface area contributed by atoms with E-state index >= 15 is 0 Å². The number of aliphatic hydroxyl groups excluding tert-OH is 1. The molecule has 0 saturated carbocycles. The van der Waals surface area contributed by atoms with Gasteiger partial charge in [-0.15, -0.1) is 0 Å². The van der Waals surface area contributed by atoms with E-state index in [4.69, 9.17) is 11.6 Å². The van der Waals surface area contributed by atoms with Gasteiger partial charge in [0.15, 0.2) is 0 Å². The van der Waals surface area contributed by atoms with Crippen LogP contribution >= 0.6 is 27.5 Å². The number of hydrogen-bond donors (Lipinski definition) is 1. The zero-order valence-electron chi connectivity index (χ0n) is 10.6. The number of nitrogens with zero attached hydrogens (tertiary/aromatic N) is 1. The van der Waals surface area contributed by atoms with Gasteiger partial charge in [0, 0.05) is 29.0 Å². The minimum absolute atomic E-state index is 0.102. The maximum absolute atomic E-state index is 12.1. The van der Waals surface area contributed by atoms with E-state index in [0.717, 1.165) is 29.4 Å². The fourth-order valence-corrected chi connectivity index (χ4v) is 2.96. The molecule has 1 heterocycles. The number of carbonyl (C=O) groups excluding carboxylic acids is 1. The zero-order chi connectivity index (χ0) is 13.8. The lowest BCUT2D eigenvalue weighted by Gasteiger charge is -2.30. The van der Waals surface area contributed by atoms with Crippen LogP contribution in [0, 0.1) is 0 Å². The number of hydrogen-bond acceptors (Lipinski definition) is 2. The Hall–Kier alpha value is -0.580. The van der Waals surface area contributed by atoms with E-state index in [1.807, 2.05) is 18.2 Å². The first-order valence-electron chi connectivity index (χ1n) is 6.46. The van der Waals surface area contributed by atoms with Gasteiger partial charge in [-0.2, -0.15) is 0 Å². The standard InChI is InChI=1S/C14H17BrClNO2/c15-13-5-4-11(16)8-10(13)3-6-14(19)17-7-1-2-12(18)9-17/h4-5,8,12,18H,1-3,6-7,9H2. The van der Waals surface area contributed by atoms with Gasteiger partial charge in [0.05, 0.1) is 6.10 Å². The van der Waals surface area contributed by atoms with Crippen LogP contribution < -0.4 is 0 Å². The Morgan fingerprint density at radius 1 is 1.53 bits per heavy atom. The van der Waals surface area contributed by atoms with Crippen molar-refractivity contribution in [1.29, 1.82) is 0 Å². The summed E-state index contributed by atoms with van der Waals surface area (Å²) in [4.78, 5) is 13.8. The Kier molecular flexibility index (Phi) is 5.25. The van der Waals surface area contributed by atoms with Gasteiger partial charge in [0.25, 0.3) is 0 Å². The molecule has 0 aliphatic carbocycles. The van der Waals surface area contributed by atoms with Gasteiger partial charge in [-0.05, 0) is 43.0 Å². The Morgan fingerprint density at radius 2 is 2.32 bits per heavy atom. The topological polar surface area (TPSA) is 40.5 Å². The number of amides is 1. The van der Waals surface area contributed by atoms with E-state index in [1.54, 1.807) is 4.90 Å². The maximum Gasteiger partial charge on any atom is 0.222 e. The highest BCUT2D eigenvalue weighted by atomic mass is 79.9. The molecular weight excluding hydrogens is 330 g/mol. The van der Waals surface area contributed by atoms with Crippen molar-refractivity contribution in [2.24, 2.45) is 0 Å². The number of aryl methyl sites for hydroxylation is 1. The molecule has 5 heteroatoms. The number of rotatable bonds is 3. The Balaban J connectivity index is 1.91. The summed E-state index contributed by atoms with van der Waals surface area (Å²) in [6, 6.07) is 5.59. The molecule has 1 aromatic rings. The predicted octanol–water partition coefficient (Wildman–Crippen LogP) is 3.02. The average molecular weight is 347 g/mol. The zero-order valence-corrected chi connectivity index (χ0v) is 13.0. The molecular formula is C14H17BrClNO2. The summed E-state index contributed by atoms with van der Waals surface area (Å²) < 4.78 is 0.975. The number of halogens is 2. The number of aliphatic hydroxyl groups is 1. The second kappa shape index (κ2) is 6.73. The molecule has 19 heavy (non-hydrogen) atoms. The summed E-state index contributed by atoms with van der Waals surface area (Å²) in [6.45, 7) is 1.22. The Labute approximate surface area is 126 Å². The molecule has 1 aliphatic rings. The lowest BCUT2D eigenvalue weighted by atomic mass is 10.1. The van der Waals surface area contributed by atoms with Crippen molar-refractivity contribution in [2.75, 3.05) is 13.1 Å². The maximum atomic E-state index is 12.1. The molecule has 1 unspecified atom stereocenters. The van der Waals surface area contributed by atoms with Crippen molar-refractivity contribution < 1.29 is 9.90 Å². The summed E-state index contributed by atoms with van der Waals surface area (Å²) in [6.07, 6.45) is 2.42. The van der Waals surface area contributed by atoms with Crippen LogP contribution in [0.3, 0.4) is 0 Å². The smallest absolute Gasteiger partial charge is 0.222 e. The lowest BCUT2D eigenvalue weighted by molar-refractivity contribution is -0.134. The van der Waals surface area contributed by atoms with Crippen LogP contribution in [0.5, 0.6) is 0 Å².